The van der Waals surface area contributed by atoms with Gasteiger partial charge in [0, 0.05) is 25.7 Å². The van der Waals surface area contributed by atoms with E-state index >= 15 is 0 Å². The maximum atomic E-state index is 12.5. The van der Waals surface area contributed by atoms with E-state index in [1.807, 2.05) is 47.4 Å². The molecule has 3 heterocycles. The summed E-state index contributed by atoms with van der Waals surface area (Å²) in [5.41, 5.74) is 1.82. The fraction of sp³-hybridized carbons (Fsp3) is 0.235. The first-order valence-corrected chi connectivity index (χ1v) is 9.60. The summed E-state index contributed by atoms with van der Waals surface area (Å²) < 4.78 is 26.3. The Morgan fingerprint density at radius 1 is 1.12 bits per heavy atom. The third kappa shape index (κ3) is 2.95. The smallest absolute Gasteiger partial charge is 0.260 e. The molecule has 0 saturated carbocycles. The van der Waals surface area contributed by atoms with E-state index in [0.29, 0.717) is 13.1 Å². The molecule has 0 atom stereocenters. The van der Waals surface area contributed by atoms with Crippen LogP contribution in [0.5, 0.6) is 0 Å². The molecular formula is C17H18N6O2S. The molecule has 0 unspecified atom stereocenters. The number of nitrogens with one attached hydrogen (secondary N) is 1. The molecule has 1 fully saturated rings. The second-order valence-electron chi connectivity index (χ2n) is 6.14. The monoisotopic (exact) mass is 370 g/mol. The molecule has 0 spiro atoms. The van der Waals surface area contributed by atoms with E-state index in [-0.39, 0.29) is 11.1 Å². The van der Waals surface area contributed by atoms with Crippen LogP contribution in [0.15, 0.2) is 60.0 Å². The first-order valence-electron chi connectivity index (χ1n) is 8.16. The third-order valence-corrected chi connectivity index (χ3v) is 6.39. The van der Waals surface area contributed by atoms with Crippen molar-refractivity contribution < 1.29 is 8.42 Å². The lowest BCUT2D eigenvalue weighted by atomic mass is 10.1. The lowest BCUT2D eigenvalue weighted by Crippen LogP contribution is -2.60. The quantitative estimate of drug-likeness (QED) is 0.729. The highest BCUT2D eigenvalue weighted by Crippen LogP contribution is 2.25. The van der Waals surface area contributed by atoms with E-state index in [2.05, 4.69) is 20.2 Å². The molecule has 0 bridgehead atoms. The van der Waals surface area contributed by atoms with Gasteiger partial charge in [-0.2, -0.15) is 4.31 Å². The van der Waals surface area contributed by atoms with Gasteiger partial charge in [-0.25, -0.2) is 13.4 Å². The molecule has 134 valence electrons. The molecule has 3 aromatic rings. The zero-order valence-corrected chi connectivity index (χ0v) is 15.0. The number of hydrogen-bond donors (Lipinski definition) is 1. The molecule has 26 heavy (non-hydrogen) atoms. The maximum absolute atomic E-state index is 12.5. The van der Waals surface area contributed by atoms with Crippen LogP contribution >= 0.6 is 0 Å². The summed E-state index contributed by atoms with van der Waals surface area (Å²) in [6.45, 7) is 1.15. The van der Waals surface area contributed by atoms with Crippen LogP contribution in [0.3, 0.4) is 0 Å². The summed E-state index contributed by atoms with van der Waals surface area (Å²) in [4.78, 5) is 8.43. The average Bonchev–Trinajstić information content (AvgIpc) is 3.17. The molecule has 9 heteroatoms. The van der Waals surface area contributed by atoms with Gasteiger partial charge in [-0.05, 0) is 12.1 Å². The average molecular weight is 370 g/mol. The molecule has 1 aliphatic rings. The van der Waals surface area contributed by atoms with Crippen molar-refractivity contribution >= 4 is 15.8 Å². The van der Waals surface area contributed by atoms with Crippen LogP contribution in [-0.4, -0.2) is 59.1 Å². The Kier molecular flexibility index (Phi) is 4.17. The molecule has 2 aromatic heterocycles. The van der Waals surface area contributed by atoms with Crippen LogP contribution in [-0.2, 0) is 10.0 Å². The van der Waals surface area contributed by atoms with Gasteiger partial charge >= 0.3 is 0 Å². The van der Waals surface area contributed by atoms with E-state index in [1.165, 1.54) is 16.8 Å². The standard InChI is InChI=1S/C17H18N6O2S/c1-22(26(24,25)17-9-18-12-19-17)14-10-23(11-14)16-8-7-15(20-21-16)13-5-3-2-4-6-13/h2-9,12,14H,10-11H2,1H3,(H,18,19). The number of anilines is 1. The van der Waals surface area contributed by atoms with Crippen molar-refractivity contribution in [1.29, 1.82) is 0 Å². The number of aromatic nitrogens is 4. The van der Waals surface area contributed by atoms with Crippen LogP contribution in [0, 0.1) is 0 Å². The van der Waals surface area contributed by atoms with Gasteiger partial charge in [0.2, 0.25) is 0 Å². The van der Waals surface area contributed by atoms with Gasteiger partial charge in [0.15, 0.2) is 10.8 Å². The van der Waals surface area contributed by atoms with E-state index in [1.54, 1.807) is 7.05 Å². The number of aromatic amines is 1. The Balaban J connectivity index is 1.42. The minimum atomic E-state index is -3.55. The topological polar surface area (TPSA) is 95.1 Å². The zero-order valence-electron chi connectivity index (χ0n) is 14.1. The second-order valence-corrected chi connectivity index (χ2v) is 8.10. The molecule has 0 aliphatic carbocycles. The Labute approximate surface area is 151 Å². The van der Waals surface area contributed by atoms with E-state index in [4.69, 9.17) is 0 Å². The number of imidazole rings is 1. The van der Waals surface area contributed by atoms with E-state index < -0.39 is 10.0 Å². The van der Waals surface area contributed by atoms with Gasteiger partial charge in [0.1, 0.15) is 0 Å². The maximum Gasteiger partial charge on any atom is 0.260 e. The van der Waals surface area contributed by atoms with Crippen molar-refractivity contribution in [3.63, 3.8) is 0 Å². The number of likely N-dealkylation sites (N-methyl/N-ethyl adjacent to an activating group) is 1. The summed E-state index contributed by atoms with van der Waals surface area (Å²) in [6, 6.07) is 13.6. The van der Waals surface area contributed by atoms with Crippen molar-refractivity contribution in [2.24, 2.45) is 0 Å². The number of nitrogens with zero attached hydrogens (tertiary/aromatic N) is 5. The van der Waals surface area contributed by atoms with Crippen LogP contribution < -0.4 is 4.90 Å². The fourth-order valence-electron chi connectivity index (χ4n) is 2.86. The predicted molar refractivity (Wildman–Crippen MR) is 97.0 cm³/mol. The number of hydrogen-bond acceptors (Lipinski definition) is 6. The molecule has 1 aromatic carbocycles. The first kappa shape index (κ1) is 16.7. The highest BCUT2D eigenvalue weighted by atomic mass is 32.2. The van der Waals surface area contributed by atoms with Crippen molar-refractivity contribution in [3.05, 3.63) is 55.0 Å². The van der Waals surface area contributed by atoms with Crippen molar-refractivity contribution in [2.45, 2.75) is 11.1 Å². The summed E-state index contributed by atoms with van der Waals surface area (Å²) in [5, 5.41) is 8.65. The molecule has 0 amide bonds. The summed E-state index contributed by atoms with van der Waals surface area (Å²) >= 11 is 0. The number of rotatable bonds is 5. The van der Waals surface area contributed by atoms with Crippen molar-refractivity contribution in [1.82, 2.24) is 24.5 Å². The van der Waals surface area contributed by atoms with Gasteiger partial charge in [0.05, 0.1) is 24.3 Å². The van der Waals surface area contributed by atoms with E-state index in [0.717, 1.165) is 17.1 Å². The van der Waals surface area contributed by atoms with Crippen LogP contribution in [0.25, 0.3) is 11.3 Å². The molecule has 1 saturated heterocycles. The van der Waals surface area contributed by atoms with Crippen LogP contribution in [0.4, 0.5) is 5.82 Å². The third-order valence-electron chi connectivity index (χ3n) is 4.55. The molecule has 4 rings (SSSR count). The fourth-order valence-corrected chi connectivity index (χ4v) is 4.10. The Morgan fingerprint density at radius 2 is 1.88 bits per heavy atom. The highest BCUT2D eigenvalue weighted by Gasteiger charge is 2.37. The number of benzene rings is 1. The Morgan fingerprint density at radius 3 is 2.50 bits per heavy atom. The van der Waals surface area contributed by atoms with Gasteiger partial charge in [-0.15, -0.1) is 10.2 Å². The Hall–Kier alpha value is -2.78. The molecular weight excluding hydrogens is 352 g/mol. The minimum absolute atomic E-state index is 0.102. The number of sulfonamides is 1. The number of H-pyrrole nitrogens is 1. The zero-order chi connectivity index (χ0) is 18.1. The SMILES string of the molecule is CN(C1CN(c2ccc(-c3ccccc3)nn2)C1)S(=O)(=O)c1cnc[nH]1. The normalized spacial score (nSPS) is 15.2. The predicted octanol–water partition coefficient (Wildman–Crippen LogP) is 1.38. The van der Waals surface area contributed by atoms with Gasteiger partial charge < -0.3 is 9.88 Å². The highest BCUT2D eigenvalue weighted by molar-refractivity contribution is 7.89. The van der Waals surface area contributed by atoms with Crippen LogP contribution in [0.1, 0.15) is 0 Å². The second kappa shape index (κ2) is 6.50. The van der Waals surface area contributed by atoms with Gasteiger partial charge in [-0.1, -0.05) is 30.3 Å². The summed E-state index contributed by atoms with van der Waals surface area (Å²) in [5.74, 6) is 0.744. The summed E-state index contributed by atoms with van der Waals surface area (Å²) in [6.07, 6.45) is 2.67. The van der Waals surface area contributed by atoms with Gasteiger partial charge in [-0.3, -0.25) is 0 Å². The molecule has 1 aliphatic heterocycles. The van der Waals surface area contributed by atoms with Crippen molar-refractivity contribution in [3.8, 4) is 11.3 Å². The van der Waals surface area contributed by atoms with Crippen LogP contribution in [0.2, 0.25) is 0 Å². The largest absolute Gasteiger partial charge is 0.352 e. The lowest BCUT2D eigenvalue weighted by molar-refractivity contribution is 0.308. The van der Waals surface area contributed by atoms with E-state index in [9.17, 15) is 8.42 Å². The summed E-state index contributed by atoms with van der Waals surface area (Å²) in [7, 11) is -1.97. The van der Waals surface area contributed by atoms with Crippen molar-refractivity contribution in [2.75, 3.05) is 25.0 Å². The lowest BCUT2D eigenvalue weighted by Gasteiger charge is -2.43. The Bertz CT molecular complexity index is 968. The van der Waals surface area contributed by atoms with Gasteiger partial charge in [0.25, 0.3) is 10.0 Å². The molecule has 1 N–H and O–H groups in total. The minimum Gasteiger partial charge on any atom is -0.352 e. The molecule has 8 nitrogen and oxygen atoms in total. The molecule has 0 radical (unpaired) electrons. The first-order chi connectivity index (χ1) is 12.6.